The molecule has 0 saturated carbocycles. The van der Waals surface area contributed by atoms with Gasteiger partial charge in [-0.15, -0.1) is 0 Å². The molecule has 0 radical (unpaired) electrons. The van der Waals surface area contributed by atoms with E-state index in [1.807, 2.05) is 19.1 Å². The van der Waals surface area contributed by atoms with Gasteiger partial charge in [0.15, 0.2) is 0 Å². The fourth-order valence-electron chi connectivity index (χ4n) is 1.20. The summed E-state index contributed by atoms with van der Waals surface area (Å²) in [5.41, 5.74) is 2.01. The highest BCUT2D eigenvalue weighted by atomic mass is 14.9. The Morgan fingerprint density at radius 1 is 1.36 bits per heavy atom. The van der Waals surface area contributed by atoms with Crippen LogP contribution in [0.25, 0.3) is 12.2 Å². The van der Waals surface area contributed by atoms with Gasteiger partial charge in [-0.05, 0) is 19.1 Å². The summed E-state index contributed by atoms with van der Waals surface area (Å²) in [6.45, 7) is 12.2. The van der Waals surface area contributed by atoms with Crippen molar-refractivity contribution >= 4 is 12.2 Å². The van der Waals surface area contributed by atoms with Crippen LogP contribution in [0.5, 0.6) is 0 Å². The van der Waals surface area contributed by atoms with Gasteiger partial charge < -0.3 is 4.98 Å². The van der Waals surface area contributed by atoms with Gasteiger partial charge in [-0.25, -0.2) is 4.98 Å². The number of allylic oxidation sites excluding steroid dienone is 1. The number of hydrogen-bond donors (Lipinski definition) is 1. The van der Waals surface area contributed by atoms with Crippen LogP contribution in [0.3, 0.4) is 0 Å². The number of imidazole rings is 1. The molecule has 0 aromatic carbocycles. The fourth-order valence-corrected chi connectivity index (χ4v) is 1.20. The maximum absolute atomic E-state index is 4.49. The first kappa shape index (κ1) is 10.8. The van der Waals surface area contributed by atoms with E-state index in [-0.39, 0.29) is 5.41 Å². The third kappa shape index (κ3) is 2.13. The van der Waals surface area contributed by atoms with Crippen LogP contribution >= 0.6 is 0 Å². The van der Waals surface area contributed by atoms with E-state index in [0.29, 0.717) is 0 Å². The average molecular weight is 190 g/mol. The summed E-state index contributed by atoms with van der Waals surface area (Å²) >= 11 is 0. The first-order valence-electron chi connectivity index (χ1n) is 4.84. The van der Waals surface area contributed by atoms with Crippen LogP contribution in [0.2, 0.25) is 0 Å². The van der Waals surface area contributed by atoms with Crippen molar-refractivity contribution in [2.75, 3.05) is 0 Å². The van der Waals surface area contributed by atoms with E-state index in [9.17, 15) is 0 Å². The molecule has 0 aliphatic carbocycles. The second-order valence-electron chi connectivity index (χ2n) is 4.34. The van der Waals surface area contributed by atoms with Crippen LogP contribution in [-0.4, -0.2) is 9.97 Å². The zero-order valence-electron chi connectivity index (χ0n) is 9.39. The standard InChI is InChI=1S/C12H18N2/c1-6-8-10-9(7-2)13-11(14-10)12(3,4)5/h6-8H,2H2,1,3-5H3,(H,13,14)/b8-6-. The Balaban J connectivity index is 3.19. The van der Waals surface area contributed by atoms with Gasteiger partial charge >= 0.3 is 0 Å². The molecule has 0 fully saturated rings. The minimum atomic E-state index is 0.0532. The van der Waals surface area contributed by atoms with Crippen LogP contribution in [0.1, 0.15) is 44.9 Å². The Morgan fingerprint density at radius 3 is 2.43 bits per heavy atom. The van der Waals surface area contributed by atoms with E-state index >= 15 is 0 Å². The zero-order chi connectivity index (χ0) is 10.8. The highest BCUT2D eigenvalue weighted by molar-refractivity contribution is 5.58. The largest absolute Gasteiger partial charge is 0.342 e. The molecule has 1 heterocycles. The maximum atomic E-state index is 4.49. The topological polar surface area (TPSA) is 28.7 Å². The van der Waals surface area contributed by atoms with Gasteiger partial charge in [0, 0.05) is 5.41 Å². The highest BCUT2D eigenvalue weighted by Gasteiger charge is 2.18. The van der Waals surface area contributed by atoms with Crippen molar-refractivity contribution < 1.29 is 0 Å². The number of hydrogen-bond acceptors (Lipinski definition) is 1. The molecule has 14 heavy (non-hydrogen) atoms. The second-order valence-corrected chi connectivity index (χ2v) is 4.34. The third-order valence-corrected chi connectivity index (χ3v) is 2.00. The number of aromatic amines is 1. The first-order valence-corrected chi connectivity index (χ1v) is 4.84. The van der Waals surface area contributed by atoms with Crippen molar-refractivity contribution in [1.29, 1.82) is 0 Å². The molecule has 0 spiro atoms. The van der Waals surface area contributed by atoms with E-state index in [0.717, 1.165) is 17.2 Å². The molecule has 2 nitrogen and oxygen atoms in total. The van der Waals surface area contributed by atoms with Crippen LogP contribution in [0, 0.1) is 0 Å². The van der Waals surface area contributed by atoms with Crippen molar-refractivity contribution in [3.05, 3.63) is 29.9 Å². The van der Waals surface area contributed by atoms with E-state index < -0.39 is 0 Å². The minimum Gasteiger partial charge on any atom is -0.342 e. The Bertz CT molecular complexity index is 351. The number of nitrogens with one attached hydrogen (secondary N) is 1. The van der Waals surface area contributed by atoms with Crippen molar-refractivity contribution in [2.24, 2.45) is 0 Å². The summed E-state index contributed by atoms with van der Waals surface area (Å²) < 4.78 is 0. The van der Waals surface area contributed by atoms with E-state index in [1.165, 1.54) is 0 Å². The lowest BCUT2D eigenvalue weighted by molar-refractivity contribution is 0.552. The fraction of sp³-hybridized carbons (Fsp3) is 0.417. The summed E-state index contributed by atoms with van der Waals surface area (Å²) in [4.78, 5) is 7.80. The molecule has 2 heteroatoms. The van der Waals surface area contributed by atoms with Crippen LogP contribution in [0.15, 0.2) is 12.7 Å². The summed E-state index contributed by atoms with van der Waals surface area (Å²) in [6, 6.07) is 0. The lowest BCUT2D eigenvalue weighted by Crippen LogP contribution is -2.13. The summed E-state index contributed by atoms with van der Waals surface area (Å²) in [5, 5.41) is 0. The molecule has 0 atom stereocenters. The van der Waals surface area contributed by atoms with E-state index in [1.54, 1.807) is 6.08 Å². The minimum absolute atomic E-state index is 0.0532. The molecule has 0 saturated heterocycles. The Kier molecular flexibility index (Phi) is 2.94. The van der Waals surface area contributed by atoms with Gasteiger partial charge in [0.25, 0.3) is 0 Å². The SMILES string of the molecule is C=Cc1nc(C(C)(C)C)[nH]c1/C=C\C. The van der Waals surface area contributed by atoms with Gasteiger partial charge in [-0.3, -0.25) is 0 Å². The first-order chi connectivity index (χ1) is 6.49. The van der Waals surface area contributed by atoms with Crippen molar-refractivity contribution in [1.82, 2.24) is 9.97 Å². The molecule has 1 rings (SSSR count). The number of nitrogens with zero attached hydrogens (tertiary/aromatic N) is 1. The third-order valence-electron chi connectivity index (χ3n) is 2.00. The van der Waals surface area contributed by atoms with Gasteiger partial charge in [0.05, 0.1) is 11.4 Å². The predicted octanol–water partition coefficient (Wildman–Crippen LogP) is 3.38. The van der Waals surface area contributed by atoms with Crippen molar-refractivity contribution in [3.63, 3.8) is 0 Å². The summed E-state index contributed by atoms with van der Waals surface area (Å²) in [5.74, 6) is 1.00. The zero-order valence-corrected chi connectivity index (χ0v) is 9.39. The lowest BCUT2D eigenvalue weighted by Gasteiger charge is -2.13. The number of rotatable bonds is 2. The highest BCUT2D eigenvalue weighted by Crippen LogP contribution is 2.21. The molecule has 1 aromatic heterocycles. The monoisotopic (exact) mass is 190 g/mol. The molecule has 0 aliphatic rings. The second kappa shape index (κ2) is 3.82. The summed E-state index contributed by atoms with van der Waals surface area (Å²) in [7, 11) is 0. The smallest absolute Gasteiger partial charge is 0.112 e. The number of aromatic nitrogens is 2. The lowest BCUT2D eigenvalue weighted by atomic mass is 9.96. The van der Waals surface area contributed by atoms with Crippen molar-refractivity contribution in [3.8, 4) is 0 Å². The van der Waals surface area contributed by atoms with Crippen LogP contribution in [-0.2, 0) is 5.41 Å². The number of H-pyrrole nitrogens is 1. The van der Waals surface area contributed by atoms with Gasteiger partial charge in [-0.2, -0.15) is 0 Å². The predicted molar refractivity (Wildman–Crippen MR) is 62.1 cm³/mol. The van der Waals surface area contributed by atoms with Crippen LogP contribution < -0.4 is 0 Å². The Hall–Kier alpha value is -1.31. The quantitative estimate of drug-likeness (QED) is 0.761. The van der Waals surface area contributed by atoms with Gasteiger partial charge in [0.2, 0.25) is 0 Å². The van der Waals surface area contributed by atoms with Crippen molar-refractivity contribution in [2.45, 2.75) is 33.1 Å². The normalized spacial score (nSPS) is 12.3. The average Bonchev–Trinajstić information content (AvgIpc) is 2.47. The molecular formula is C12H18N2. The van der Waals surface area contributed by atoms with Crippen LogP contribution in [0.4, 0.5) is 0 Å². The Morgan fingerprint density at radius 2 is 2.00 bits per heavy atom. The molecular weight excluding hydrogens is 172 g/mol. The molecule has 1 aromatic rings. The van der Waals surface area contributed by atoms with Gasteiger partial charge in [-0.1, -0.05) is 33.4 Å². The molecule has 1 N–H and O–H groups in total. The molecule has 0 amide bonds. The van der Waals surface area contributed by atoms with E-state index in [4.69, 9.17) is 0 Å². The van der Waals surface area contributed by atoms with E-state index in [2.05, 4.69) is 37.3 Å². The maximum Gasteiger partial charge on any atom is 0.112 e. The Labute approximate surface area is 85.8 Å². The molecule has 0 unspecified atom stereocenters. The molecule has 76 valence electrons. The molecule has 0 aliphatic heterocycles. The van der Waals surface area contributed by atoms with Gasteiger partial charge in [0.1, 0.15) is 5.82 Å². The summed E-state index contributed by atoms with van der Waals surface area (Å²) in [6.07, 6.45) is 5.78. The molecule has 0 bridgehead atoms.